The maximum absolute atomic E-state index is 11.8. The SMILES string of the molecule is COc1ccc(O[C@@H]2O[C@@H]3COC(c4ccc(OC)cc4)O[C@H]3[C@H](O)[C@H]2NC(C)=O)cc1. The highest BCUT2D eigenvalue weighted by atomic mass is 16.7. The molecule has 2 aromatic rings. The van der Waals surface area contributed by atoms with Gasteiger partial charge in [-0.05, 0) is 36.4 Å². The van der Waals surface area contributed by atoms with Crippen LogP contribution in [0, 0.1) is 0 Å². The number of ether oxygens (including phenoxy) is 6. The van der Waals surface area contributed by atoms with Crippen molar-refractivity contribution < 1.29 is 38.3 Å². The molecule has 2 heterocycles. The normalized spacial score (nSPS) is 29.5. The third-order valence-corrected chi connectivity index (χ3v) is 5.44. The Labute approximate surface area is 186 Å². The minimum absolute atomic E-state index is 0.188. The molecule has 6 atom stereocenters. The number of nitrogens with one attached hydrogen (secondary N) is 1. The predicted molar refractivity (Wildman–Crippen MR) is 112 cm³/mol. The van der Waals surface area contributed by atoms with E-state index in [4.69, 9.17) is 28.4 Å². The lowest BCUT2D eigenvalue weighted by atomic mass is 9.95. The molecule has 0 aromatic heterocycles. The summed E-state index contributed by atoms with van der Waals surface area (Å²) < 4.78 is 34.2. The molecule has 2 aliphatic heterocycles. The van der Waals surface area contributed by atoms with E-state index in [1.807, 2.05) is 12.1 Å². The van der Waals surface area contributed by atoms with Crippen molar-refractivity contribution in [2.45, 2.75) is 43.9 Å². The first-order valence-electron chi connectivity index (χ1n) is 10.3. The number of amides is 1. The van der Waals surface area contributed by atoms with Crippen LogP contribution in [0.2, 0.25) is 0 Å². The Hall–Kier alpha value is -2.85. The van der Waals surface area contributed by atoms with Crippen molar-refractivity contribution in [3.05, 3.63) is 54.1 Å². The summed E-state index contributed by atoms with van der Waals surface area (Å²) in [6.07, 6.45) is -3.99. The molecule has 2 N–H and O–H groups in total. The molecule has 2 aliphatic rings. The fourth-order valence-electron chi connectivity index (χ4n) is 3.80. The Bertz CT molecular complexity index is 903. The molecule has 2 saturated heterocycles. The van der Waals surface area contributed by atoms with Gasteiger partial charge in [-0.2, -0.15) is 0 Å². The minimum atomic E-state index is -1.08. The molecule has 2 fully saturated rings. The molecule has 1 unspecified atom stereocenters. The van der Waals surface area contributed by atoms with Gasteiger partial charge in [-0.15, -0.1) is 0 Å². The van der Waals surface area contributed by atoms with E-state index in [-0.39, 0.29) is 12.5 Å². The van der Waals surface area contributed by atoms with Gasteiger partial charge in [0.15, 0.2) is 6.29 Å². The first-order valence-corrected chi connectivity index (χ1v) is 10.3. The molecule has 0 aliphatic carbocycles. The first-order chi connectivity index (χ1) is 15.5. The van der Waals surface area contributed by atoms with Crippen LogP contribution in [0.15, 0.2) is 48.5 Å². The smallest absolute Gasteiger partial charge is 0.223 e. The largest absolute Gasteiger partial charge is 0.497 e. The Kier molecular flexibility index (Phi) is 6.80. The molecule has 9 nitrogen and oxygen atoms in total. The molecule has 0 saturated carbocycles. The number of hydrogen-bond acceptors (Lipinski definition) is 8. The van der Waals surface area contributed by atoms with E-state index in [2.05, 4.69) is 5.32 Å². The van der Waals surface area contributed by atoms with Crippen molar-refractivity contribution in [1.82, 2.24) is 5.32 Å². The van der Waals surface area contributed by atoms with Gasteiger partial charge in [0.05, 0.1) is 20.8 Å². The second-order valence-corrected chi connectivity index (χ2v) is 7.59. The Morgan fingerprint density at radius 2 is 1.56 bits per heavy atom. The van der Waals surface area contributed by atoms with Gasteiger partial charge in [0.2, 0.25) is 12.2 Å². The fourth-order valence-corrected chi connectivity index (χ4v) is 3.80. The standard InChI is InChI=1S/C23H27NO8/c1-13(25)24-19-20(26)21-18(31-23(19)30-17-10-8-16(28-3)9-11-17)12-29-22(32-21)14-4-6-15(27-2)7-5-14/h4-11,18-23,26H,12H2,1-3H3,(H,24,25)/t18-,19-,20-,21-,22?,23-/m1/s1. The molecular formula is C23H27NO8. The Morgan fingerprint density at radius 1 is 0.969 bits per heavy atom. The molecule has 4 rings (SSSR count). The van der Waals surface area contributed by atoms with Crippen LogP contribution in [0.3, 0.4) is 0 Å². The quantitative estimate of drug-likeness (QED) is 0.694. The first kappa shape index (κ1) is 22.3. The number of aliphatic hydroxyl groups excluding tert-OH is 1. The van der Waals surface area contributed by atoms with Crippen LogP contribution in [0.4, 0.5) is 0 Å². The molecule has 172 valence electrons. The Morgan fingerprint density at radius 3 is 2.16 bits per heavy atom. The summed E-state index contributed by atoms with van der Waals surface area (Å²) in [5, 5.41) is 13.8. The number of rotatable bonds is 6. The van der Waals surface area contributed by atoms with E-state index in [0.29, 0.717) is 17.2 Å². The third kappa shape index (κ3) is 4.81. The fraction of sp³-hybridized carbons (Fsp3) is 0.435. The number of aliphatic hydroxyl groups is 1. The predicted octanol–water partition coefficient (Wildman–Crippen LogP) is 1.79. The lowest BCUT2D eigenvalue weighted by Gasteiger charge is -2.47. The van der Waals surface area contributed by atoms with Gasteiger partial charge < -0.3 is 38.8 Å². The minimum Gasteiger partial charge on any atom is -0.497 e. The molecule has 9 heteroatoms. The average Bonchev–Trinajstić information content (AvgIpc) is 2.82. The highest BCUT2D eigenvalue weighted by Gasteiger charge is 2.50. The maximum atomic E-state index is 11.8. The number of carbonyl (C=O) groups excluding carboxylic acids is 1. The molecule has 2 aromatic carbocycles. The second kappa shape index (κ2) is 9.74. The lowest BCUT2D eigenvalue weighted by molar-refractivity contribution is -0.333. The van der Waals surface area contributed by atoms with Crippen molar-refractivity contribution in [3.8, 4) is 17.2 Å². The number of methoxy groups -OCH3 is 2. The summed E-state index contributed by atoms with van der Waals surface area (Å²) in [5.41, 5.74) is 0.782. The van der Waals surface area contributed by atoms with Crippen molar-refractivity contribution in [2.75, 3.05) is 20.8 Å². The van der Waals surface area contributed by atoms with Gasteiger partial charge >= 0.3 is 0 Å². The molecule has 0 radical (unpaired) electrons. The van der Waals surface area contributed by atoms with Crippen LogP contribution in [-0.4, -0.2) is 62.5 Å². The summed E-state index contributed by atoms with van der Waals surface area (Å²) >= 11 is 0. The number of benzene rings is 2. The number of fused-ring (bicyclic) bond motifs is 1. The van der Waals surface area contributed by atoms with Crippen molar-refractivity contribution in [2.24, 2.45) is 0 Å². The van der Waals surface area contributed by atoms with Crippen LogP contribution in [0.25, 0.3) is 0 Å². The monoisotopic (exact) mass is 445 g/mol. The van der Waals surface area contributed by atoms with Gasteiger partial charge in [-0.3, -0.25) is 4.79 Å². The molecule has 32 heavy (non-hydrogen) atoms. The third-order valence-electron chi connectivity index (χ3n) is 5.44. The summed E-state index contributed by atoms with van der Waals surface area (Å²) in [7, 11) is 3.17. The molecule has 0 spiro atoms. The highest BCUT2D eigenvalue weighted by molar-refractivity contribution is 5.73. The topological polar surface area (TPSA) is 105 Å². The highest BCUT2D eigenvalue weighted by Crippen LogP contribution is 2.35. The van der Waals surface area contributed by atoms with E-state index >= 15 is 0 Å². The van der Waals surface area contributed by atoms with E-state index in [0.717, 1.165) is 5.56 Å². The van der Waals surface area contributed by atoms with Gasteiger partial charge in [0.1, 0.15) is 41.6 Å². The number of carbonyl (C=O) groups is 1. The van der Waals surface area contributed by atoms with Crippen LogP contribution in [0.5, 0.6) is 17.2 Å². The van der Waals surface area contributed by atoms with Crippen LogP contribution in [-0.2, 0) is 19.0 Å². The summed E-state index contributed by atoms with van der Waals surface area (Å²) in [4.78, 5) is 11.8. The Balaban J connectivity index is 1.50. The molecule has 1 amide bonds. The molecular weight excluding hydrogens is 418 g/mol. The van der Waals surface area contributed by atoms with E-state index < -0.39 is 36.9 Å². The van der Waals surface area contributed by atoms with Crippen molar-refractivity contribution in [1.29, 1.82) is 0 Å². The molecule has 0 bridgehead atoms. The van der Waals surface area contributed by atoms with Gasteiger partial charge in [-0.1, -0.05) is 12.1 Å². The van der Waals surface area contributed by atoms with E-state index in [9.17, 15) is 9.90 Å². The van der Waals surface area contributed by atoms with Gasteiger partial charge in [0, 0.05) is 12.5 Å². The summed E-state index contributed by atoms with van der Waals surface area (Å²) in [6, 6.07) is 13.4. The zero-order valence-electron chi connectivity index (χ0n) is 18.1. The zero-order chi connectivity index (χ0) is 22.7. The summed E-state index contributed by atoms with van der Waals surface area (Å²) in [6.45, 7) is 1.56. The lowest BCUT2D eigenvalue weighted by Crippen LogP contribution is -2.67. The van der Waals surface area contributed by atoms with Crippen LogP contribution < -0.4 is 19.5 Å². The van der Waals surface area contributed by atoms with Crippen LogP contribution >= 0.6 is 0 Å². The van der Waals surface area contributed by atoms with Crippen molar-refractivity contribution >= 4 is 5.91 Å². The zero-order valence-corrected chi connectivity index (χ0v) is 18.1. The maximum Gasteiger partial charge on any atom is 0.223 e. The van der Waals surface area contributed by atoms with Crippen molar-refractivity contribution in [3.63, 3.8) is 0 Å². The average molecular weight is 445 g/mol. The number of hydrogen-bond donors (Lipinski definition) is 2. The van der Waals surface area contributed by atoms with E-state index in [1.165, 1.54) is 6.92 Å². The van der Waals surface area contributed by atoms with E-state index in [1.54, 1.807) is 50.6 Å². The second-order valence-electron chi connectivity index (χ2n) is 7.59. The summed E-state index contributed by atoms with van der Waals surface area (Å²) in [5.74, 6) is 1.58. The van der Waals surface area contributed by atoms with Crippen LogP contribution in [0.1, 0.15) is 18.8 Å². The van der Waals surface area contributed by atoms with Gasteiger partial charge in [0.25, 0.3) is 0 Å². The van der Waals surface area contributed by atoms with Gasteiger partial charge in [-0.25, -0.2) is 0 Å².